The van der Waals surface area contributed by atoms with Crippen LogP contribution in [0.15, 0.2) is 0 Å². The van der Waals surface area contributed by atoms with Crippen LogP contribution in [0, 0.1) is 0 Å². The first kappa shape index (κ1) is 9.88. The molecule has 1 rings (SSSR count). The van der Waals surface area contributed by atoms with Gasteiger partial charge in [0.2, 0.25) is 0 Å². The molecule has 0 bridgehead atoms. The lowest BCUT2D eigenvalue weighted by molar-refractivity contribution is 0.0199. The van der Waals surface area contributed by atoms with E-state index in [1.807, 2.05) is 0 Å². The van der Waals surface area contributed by atoms with Gasteiger partial charge in [0, 0.05) is 12.6 Å². The summed E-state index contributed by atoms with van der Waals surface area (Å²) in [5.74, 6) is 0. The fourth-order valence-electron chi connectivity index (χ4n) is 1.51. The van der Waals surface area contributed by atoms with Crippen LogP contribution in [0.25, 0.3) is 0 Å². The molecule has 0 aliphatic carbocycles. The molecule has 1 saturated heterocycles. The van der Waals surface area contributed by atoms with E-state index in [2.05, 4.69) is 10.6 Å². The molecule has 12 heavy (non-hydrogen) atoms. The van der Waals surface area contributed by atoms with Crippen molar-refractivity contribution in [2.24, 2.45) is 0 Å². The minimum absolute atomic E-state index is 0.154. The molecule has 0 spiro atoms. The van der Waals surface area contributed by atoms with Crippen molar-refractivity contribution in [2.45, 2.75) is 24.3 Å². The molecule has 1 fully saturated rings. The van der Waals surface area contributed by atoms with Crippen molar-refractivity contribution in [3.05, 3.63) is 0 Å². The highest BCUT2D eigenvalue weighted by Gasteiger charge is 2.39. The molecule has 72 valence electrons. The van der Waals surface area contributed by atoms with Gasteiger partial charge in [0.15, 0.2) is 0 Å². The molecule has 0 aromatic carbocycles. The molecule has 0 saturated carbocycles. The Balaban J connectivity index is 2.48. The molecule has 0 radical (unpaired) electrons. The van der Waals surface area contributed by atoms with Crippen LogP contribution in [-0.2, 0) is 0 Å². The number of hydrogen-bond acceptors (Lipinski definition) is 5. The molecule has 5 nitrogen and oxygen atoms in total. The summed E-state index contributed by atoms with van der Waals surface area (Å²) in [6, 6.07) is -0.583. The Morgan fingerprint density at radius 1 is 1.25 bits per heavy atom. The third-order valence-electron chi connectivity index (χ3n) is 2.22. The fourth-order valence-corrected chi connectivity index (χ4v) is 1.51. The van der Waals surface area contributed by atoms with E-state index in [-0.39, 0.29) is 12.6 Å². The van der Waals surface area contributed by atoms with Gasteiger partial charge in [-0.1, -0.05) is 0 Å². The van der Waals surface area contributed by atoms with E-state index in [0.29, 0.717) is 6.54 Å². The van der Waals surface area contributed by atoms with Crippen LogP contribution in [0.3, 0.4) is 0 Å². The summed E-state index contributed by atoms with van der Waals surface area (Å²) in [5.41, 5.74) is 0. The SMILES string of the molecule is CNC[C@@H]1N[C@@H](CO)[C@@H](O)[C@@H]1O. The molecule has 0 unspecified atom stereocenters. The van der Waals surface area contributed by atoms with Gasteiger partial charge in [-0.25, -0.2) is 0 Å². The maximum Gasteiger partial charge on any atom is 0.0989 e. The topological polar surface area (TPSA) is 84.8 Å². The Hall–Kier alpha value is -0.200. The first-order valence-corrected chi connectivity index (χ1v) is 4.08. The largest absolute Gasteiger partial charge is 0.395 e. The highest BCUT2D eigenvalue weighted by atomic mass is 16.3. The summed E-state index contributed by atoms with van der Waals surface area (Å²) in [4.78, 5) is 0. The molecule has 0 amide bonds. The number of aliphatic hydroxyl groups is 3. The lowest BCUT2D eigenvalue weighted by Crippen LogP contribution is -2.41. The second kappa shape index (κ2) is 4.15. The van der Waals surface area contributed by atoms with Crippen molar-refractivity contribution in [1.82, 2.24) is 10.6 Å². The zero-order valence-corrected chi connectivity index (χ0v) is 7.07. The first-order chi connectivity index (χ1) is 5.70. The second-order valence-electron chi connectivity index (χ2n) is 3.10. The van der Waals surface area contributed by atoms with Gasteiger partial charge in [-0.3, -0.25) is 0 Å². The molecule has 0 aromatic heterocycles. The van der Waals surface area contributed by atoms with Crippen molar-refractivity contribution in [2.75, 3.05) is 20.2 Å². The molecule has 4 atom stereocenters. The fraction of sp³-hybridized carbons (Fsp3) is 1.00. The maximum atomic E-state index is 9.43. The lowest BCUT2D eigenvalue weighted by Gasteiger charge is -2.14. The minimum atomic E-state index is -0.867. The van der Waals surface area contributed by atoms with Gasteiger partial charge in [0.1, 0.15) is 0 Å². The second-order valence-corrected chi connectivity index (χ2v) is 3.10. The molecule has 1 aliphatic heterocycles. The van der Waals surface area contributed by atoms with Crippen LogP contribution in [0.4, 0.5) is 0 Å². The van der Waals surface area contributed by atoms with Gasteiger partial charge >= 0.3 is 0 Å². The molecule has 0 aromatic rings. The van der Waals surface area contributed by atoms with E-state index in [4.69, 9.17) is 5.11 Å². The molecular weight excluding hydrogens is 160 g/mol. The number of hydrogen-bond donors (Lipinski definition) is 5. The first-order valence-electron chi connectivity index (χ1n) is 4.08. The average Bonchev–Trinajstić information content (AvgIpc) is 2.33. The third-order valence-corrected chi connectivity index (χ3v) is 2.22. The third kappa shape index (κ3) is 1.75. The van der Waals surface area contributed by atoms with Crippen molar-refractivity contribution in [1.29, 1.82) is 0 Å². The van der Waals surface area contributed by atoms with E-state index in [1.165, 1.54) is 0 Å². The maximum absolute atomic E-state index is 9.43. The van der Waals surface area contributed by atoms with Gasteiger partial charge in [-0.15, -0.1) is 0 Å². The Labute approximate surface area is 71.4 Å². The average molecular weight is 176 g/mol. The smallest absolute Gasteiger partial charge is 0.0989 e. The van der Waals surface area contributed by atoms with E-state index in [9.17, 15) is 10.2 Å². The van der Waals surface area contributed by atoms with E-state index in [1.54, 1.807) is 7.05 Å². The molecular formula is C7H16N2O3. The Morgan fingerprint density at radius 3 is 2.25 bits per heavy atom. The zero-order chi connectivity index (χ0) is 9.14. The lowest BCUT2D eigenvalue weighted by atomic mass is 10.1. The zero-order valence-electron chi connectivity index (χ0n) is 7.07. The van der Waals surface area contributed by atoms with Gasteiger partial charge in [-0.2, -0.15) is 0 Å². The number of likely N-dealkylation sites (N-methyl/N-ethyl adjacent to an activating group) is 1. The normalized spacial score (nSPS) is 42.0. The van der Waals surface area contributed by atoms with Crippen molar-refractivity contribution in [3.63, 3.8) is 0 Å². The van der Waals surface area contributed by atoms with Gasteiger partial charge in [0.05, 0.1) is 24.9 Å². The van der Waals surface area contributed by atoms with Crippen LogP contribution >= 0.6 is 0 Å². The molecule has 5 N–H and O–H groups in total. The van der Waals surface area contributed by atoms with Crippen LogP contribution in [0.2, 0.25) is 0 Å². The number of nitrogens with one attached hydrogen (secondary N) is 2. The van der Waals surface area contributed by atoms with Crippen LogP contribution < -0.4 is 10.6 Å². The predicted molar refractivity (Wildman–Crippen MR) is 43.7 cm³/mol. The summed E-state index contributed by atoms with van der Waals surface area (Å²) in [7, 11) is 1.77. The van der Waals surface area contributed by atoms with E-state index < -0.39 is 18.2 Å². The monoisotopic (exact) mass is 176 g/mol. The van der Waals surface area contributed by atoms with Gasteiger partial charge < -0.3 is 26.0 Å². The summed E-state index contributed by atoms with van der Waals surface area (Å²) >= 11 is 0. The van der Waals surface area contributed by atoms with Gasteiger partial charge in [0.25, 0.3) is 0 Å². The van der Waals surface area contributed by atoms with Crippen molar-refractivity contribution >= 4 is 0 Å². The Kier molecular flexibility index (Phi) is 3.42. The van der Waals surface area contributed by atoms with Crippen LogP contribution in [0.1, 0.15) is 0 Å². The molecule has 5 heteroatoms. The number of aliphatic hydroxyl groups excluding tert-OH is 3. The molecule has 1 aliphatic rings. The quantitative estimate of drug-likeness (QED) is 0.322. The highest BCUT2D eigenvalue weighted by molar-refractivity contribution is 4.98. The van der Waals surface area contributed by atoms with Crippen molar-refractivity contribution < 1.29 is 15.3 Å². The Bertz CT molecular complexity index is 145. The van der Waals surface area contributed by atoms with E-state index >= 15 is 0 Å². The van der Waals surface area contributed by atoms with Crippen LogP contribution in [-0.4, -0.2) is 59.8 Å². The highest BCUT2D eigenvalue weighted by Crippen LogP contribution is 2.13. The van der Waals surface area contributed by atoms with Crippen LogP contribution in [0.5, 0.6) is 0 Å². The van der Waals surface area contributed by atoms with Crippen molar-refractivity contribution in [3.8, 4) is 0 Å². The summed E-state index contributed by atoms with van der Waals surface area (Å²) < 4.78 is 0. The Morgan fingerprint density at radius 2 is 1.83 bits per heavy atom. The molecule has 1 heterocycles. The number of rotatable bonds is 3. The summed E-state index contributed by atoms with van der Waals surface area (Å²) in [5, 5.41) is 33.4. The summed E-state index contributed by atoms with van der Waals surface area (Å²) in [6.07, 6.45) is -1.66. The minimum Gasteiger partial charge on any atom is -0.395 e. The predicted octanol–water partition coefficient (Wildman–Crippen LogP) is -2.74. The standard InChI is InChI=1S/C7H16N2O3/c1-8-2-4-6(11)7(12)5(3-10)9-4/h4-12H,2-3H2,1H3/t4-,5-,6+,7+/m0/s1. The summed E-state index contributed by atoms with van der Waals surface area (Å²) in [6.45, 7) is 0.424. The van der Waals surface area contributed by atoms with E-state index in [0.717, 1.165) is 0 Å². The van der Waals surface area contributed by atoms with Gasteiger partial charge in [-0.05, 0) is 7.05 Å².